The number of thioether (sulfide) groups is 1. The van der Waals surface area contributed by atoms with Crippen LogP contribution >= 0.6 is 43.6 Å². The van der Waals surface area contributed by atoms with E-state index in [1.165, 1.54) is 11.8 Å². The first-order valence-electron chi connectivity index (χ1n) is 9.40. The van der Waals surface area contributed by atoms with E-state index in [1.54, 1.807) is 24.3 Å². The van der Waals surface area contributed by atoms with Crippen molar-refractivity contribution in [1.82, 2.24) is 4.98 Å². The molecule has 31 heavy (non-hydrogen) atoms. The SMILES string of the molecule is Cc1nc(SCC(=O)c2ccc(Br)cc2)c(C#N)c(C)c1CC(=O)c1ccc(Br)cc1. The molecule has 2 aromatic carbocycles. The summed E-state index contributed by atoms with van der Waals surface area (Å²) in [5.74, 6) is 0.113. The van der Waals surface area contributed by atoms with Crippen LogP contribution in [0.15, 0.2) is 62.5 Å². The first-order chi connectivity index (χ1) is 14.8. The van der Waals surface area contributed by atoms with Crippen molar-refractivity contribution in [2.45, 2.75) is 25.3 Å². The Morgan fingerprint density at radius 2 is 1.45 bits per heavy atom. The molecule has 0 aliphatic rings. The molecule has 0 fully saturated rings. The van der Waals surface area contributed by atoms with Gasteiger partial charge in [-0.3, -0.25) is 9.59 Å². The van der Waals surface area contributed by atoms with Crippen LogP contribution in [0.2, 0.25) is 0 Å². The zero-order valence-electron chi connectivity index (χ0n) is 16.9. The highest BCUT2D eigenvalue weighted by Crippen LogP contribution is 2.28. The van der Waals surface area contributed by atoms with E-state index in [2.05, 4.69) is 42.9 Å². The topological polar surface area (TPSA) is 70.8 Å². The number of rotatable bonds is 7. The quantitative estimate of drug-likeness (QED) is 0.245. The van der Waals surface area contributed by atoms with Crippen molar-refractivity contribution in [3.63, 3.8) is 0 Å². The molecule has 0 N–H and O–H groups in total. The first-order valence-corrected chi connectivity index (χ1v) is 12.0. The van der Waals surface area contributed by atoms with E-state index in [0.29, 0.717) is 27.4 Å². The van der Waals surface area contributed by atoms with Crippen molar-refractivity contribution >= 4 is 55.2 Å². The number of hydrogen-bond acceptors (Lipinski definition) is 5. The zero-order valence-corrected chi connectivity index (χ0v) is 20.9. The summed E-state index contributed by atoms with van der Waals surface area (Å²) >= 11 is 7.97. The highest BCUT2D eigenvalue weighted by atomic mass is 79.9. The molecule has 0 spiro atoms. The lowest BCUT2D eigenvalue weighted by atomic mass is 9.96. The largest absolute Gasteiger partial charge is 0.294 e. The molecule has 0 saturated carbocycles. The van der Waals surface area contributed by atoms with Gasteiger partial charge in [-0.2, -0.15) is 5.26 Å². The molecular formula is C24H18Br2N2O2S. The number of benzene rings is 2. The number of nitrogens with zero attached hydrogens (tertiary/aromatic N) is 2. The number of nitriles is 1. The highest BCUT2D eigenvalue weighted by Gasteiger charge is 2.19. The van der Waals surface area contributed by atoms with E-state index in [-0.39, 0.29) is 23.7 Å². The van der Waals surface area contributed by atoms with Crippen molar-refractivity contribution in [1.29, 1.82) is 5.26 Å². The summed E-state index contributed by atoms with van der Waals surface area (Å²) in [6, 6.07) is 16.6. The molecule has 0 saturated heterocycles. The average molecular weight is 558 g/mol. The molecule has 0 aliphatic heterocycles. The van der Waals surface area contributed by atoms with Crippen LogP contribution in [0.4, 0.5) is 0 Å². The van der Waals surface area contributed by atoms with E-state index in [0.717, 1.165) is 20.1 Å². The third kappa shape index (κ3) is 5.70. The fraction of sp³-hybridized carbons (Fsp3) is 0.167. The number of pyridine rings is 1. The molecule has 0 aliphatic carbocycles. The number of carbonyl (C=O) groups excluding carboxylic acids is 2. The zero-order chi connectivity index (χ0) is 22.5. The van der Waals surface area contributed by atoms with Gasteiger partial charge in [-0.15, -0.1) is 0 Å². The number of ketones is 2. The Morgan fingerprint density at radius 1 is 0.935 bits per heavy atom. The third-order valence-electron chi connectivity index (χ3n) is 4.87. The summed E-state index contributed by atoms with van der Waals surface area (Å²) in [7, 11) is 0. The van der Waals surface area contributed by atoms with Gasteiger partial charge in [0.2, 0.25) is 0 Å². The predicted octanol–water partition coefficient (Wildman–Crippen LogP) is 6.50. The lowest BCUT2D eigenvalue weighted by Gasteiger charge is -2.14. The second-order valence-corrected chi connectivity index (χ2v) is 9.71. The maximum absolute atomic E-state index is 12.7. The Balaban J connectivity index is 1.81. The molecule has 7 heteroatoms. The molecule has 0 atom stereocenters. The van der Waals surface area contributed by atoms with Crippen molar-refractivity contribution in [3.8, 4) is 6.07 Å². The van der Waals surface area contributed by atoms with Gasteiger partial charge in [-0.05, 0) is 49.2 Å². The van der Waals surface area contributed by atoms with Crippen molar-refractivity contribution in [2.24, 2.45) is 0 Å². The normalized spacial score (nSPS) is 10.5. The number of carbonyl (C=O) groups is 2. The number of aromatic nitrogens is 1. The van der Waals surface area contributed by atoms with E-state index in [9.17, 15) is 14.9 Å². The molecule has 0 amide bonds. The van der Waals surface area contributed by atoms with Crippen LogP contribution in [0.5, 0.6) is 0 Å². The van der Waals surface area contributed by atoms with E-state index >= 15 is 0 Å². The first kappa shape index (κ1) is 23.4. The van der Waals surface area contributed by atoms with Crippen LogP contribution in [0.25, 0.3) is 0 Å². The number of aryl methyl sites for hydroxylation is 1. The molecule has 1 aromatic heterocycles. The molecule has 0 radical (unpaired) electrons. The Kier molecular flexibility index (Phi) is 7.82. The molecule has 0 bridgehead atoms. The minimum absolute atomic E-state index is 0.0322. The molecule has 0 unspecified atom stereocenters. The van der Waals surface area contributed by atoms with Crippen molar-refractivity contribution < 1.29 is 9.59 Å². The van der Waals surface area contributed by atoms with Crippen LogP contribution in [0, 0.1) is 25.2 Å². The van der Waals surface area contributed by atoms with E-state index in [1.807, 2.05) is 38.1 Å². The maximum Gasteiger partial charge on any atom is 0.173 e. The monoisotopic (exact) mass is 556 g/mol. The summed E-state index contributed by atoms with van der Waals surface area (Å²) in [6.07, 6.45) is 0.170. The smallest absolute Gasteiger partial charge is 0.173 e. The number of halogens is 2. The predicted molar refractivity (Wildman–Crippen MR) is 130 cm³/mol. The van der Waals surface area contributed by atoms with Crippen LogP contribution in [0.3, 0.4) is 0 Å². The Hall–Kier alpha value is -2.27. The second-order valence-electron chi connectivity index (χ2n) is 6.92. The van der Waals surface area contributed by atoms with Crippen molar-refractivity contribution in [2.75, 3.05) is 5.75 Å². The summed E-state index contributed by atoms with van der Waals surface area (Å²) in [5, 5.41) is 10.2. The van der Waals surface area contributed by atoms with Crippen LogP contribution in [-0.4, -0.2) is 22.3 Å². The lowest BCUT2D eigenvalue weighted by molar-refractivity contribution is 0.0990. The Morgan fingerprint density at radius 3 is 1.97 bits per heavy atom. The van der Waals surface area contributed by atoms with Crippen LogP contribution in [-0.2, 0) is 6.42 Å². The summed E-state index contributed by atoms with van der Waals surface area (Å²) in [6.45, 7) is 3.66. The fourth-order valence-corrected chi connectivity index (χ4v) is 4.61. The average Bonchev–Trinajstić information content (AvgIpc) is 2.75. The van der Waals surface area contributed by atoms with Gasteiger partial charge in [0.05, 0.1) is 11.3 Å². The second kappa shape index (κ2) is 10.4. The maximum atomic E-state index is 12.7. The summed E-state index contributed by atoms with van der Waals surface area (Å²) in [4.78, 5) is 29.8. The molecule has 3 aromatic rings. The van der Waals surface area contributed by atoms with Gasteiger partial charge in [-0.1, -0.05) is 67.9 Å². The van der Waals surface area contributed by atoms with Gasteiger partial charge >= 0.3 is 0 Å². The van der Waals surface area contributed by atoms with Gasteiger partial charge in [0, 0.05) is 32.2 Å². The summed E-state index contributed by atoms with van der Waals surface area (Å²) in [5.41, 5.74) is 3.82. The van der Waals surface area contributed by atoms with Crippen LogP contribution < -0.4 is 0 Å². The minimum Gasteiger partial charge on any atom is -0.294 e. The number of Topliss-reactive ketones (excluding diaryl/α,β-unsaturated/α-hetero) is 2. The lowest BCUT2D eigenvalue weighted by Crippen LogP contribution is -2.10. The van der Waals surface area contributed by atoms with E-state index < -0.39 is 0 Å². The summed E-state index contributed by atoms with van der Waals surface area (Å²) < 4.78 is 1.81. The third-order valence-corrected chi connectivity index (χ3v) is 6.90. The molecule has 3 rings (SSSR count). The van der Waals surface area contributed by atoms with Gasteiger partial charge in [0.25, 0.3) is 0 Å². The standard InChI is InChI=1S/C24H18Br2N2O2S/c1-14-20(11-22(29)16-3-7-18(25)8-4-16)15(2)28-24(21(14)12-27)31-13-23(30)17-5-9-19(26)10-6-17/h3-10H,11,13H2,1-2H3. The fourth-order valence-electron chi connectivity index (χ4n) is 3.11. The number of hydrogen-bond donors (Lipinski definition) is 0. The molecule has 156 valence electrons. The van der Waals surface area contributed by atoms with Crippen LogP contribution in [0.1, 0.15) is 43.1 Å². The molecular weight excluding hydrogens is 540 g/mol. The molecule has 4 nitrogen and oxygen atoms in total. The Bertz CT molecular complexity index is 1180. The highest BCUT2D eigenvalue weighted by molar-refractivity contribution is 9.10. The van der Waals surface area contributed by atoms with Crippen molar-refractivity contribution in [3.05, 3.63) is 91.0 Å². The Labute approximate surface area is 202 Å². The van der Waals surface area contributed by atoms with Gasteiger partial charge in [0.1, 0.15) is 11.1 Å². The van der Waals surface area contributed by atoms with Gasteiger partial charge < -0.3 is 0 Å². The van der Waals surface area contributed by atoms with Gasteiger partial charge in [0.15, 0.2) is 11.6 Å². The van der Waals surface area contributed by atoms with E-state index in [4.69, 9.17) is 0 Å². The molecule has 1 heterocycles. The van der Waals surface area contributed by atoms with Gasteiger partial charge in [-0.25, -0.2) is 4.98 Å². The minimum atomic E-state index is -0.0343.